The van der Waals surface area contributed by atoms with Crippen LogP contribution in [0.4, 0.5) is 0 Å². The largest absolute Gasteiger partial charge is 0.374 e. The van der Waals surface area contributed by atoms with Gasteiger partial charge < -0.3 is 4.74 Å². The van der Waals surface area contributed by atoms with Gasteiger partial charge in [0.05, 0.1) is 5.69 Å². The van der Waals surface area contributed by atoms with Gasteiger partial charge in [-0.3, -0.25) is 4.98 Å². The quantitative estimate of drug-likeness (QED) is 0.571. The summed E-state index contributed by atoms with van der Waals surface area (Å²) >= 11 is 0. The lowest BCUT2D eigenvalue weighted by Gasteiger charge is -2.29. The van der Waals surface area contributed by atoms with Crippen molar-refractivity contribution >= 4 is 18.5 Å². The first-order valence-corrected chi connectivity index (χ1v) is 10.4. The Morgan fingerprint density at radius 2 is 1.48 bits per heavy atom. The number of hydrogen-bond donors (Lipinski definition) is 0. The molecule has 3 aromatic rings. The zero-order chi connectivity index (χ0) is 18.5. The van der Waals surface area contributed by atoms with Gasteiger partial charge in [-0.25, -0.2) is 0 Å². The Kier molecular flexibility index (Phi) is 5.58. The summed E-state index contributed by atoms with van der Waals surface area (Å²) in [6.07, 6.45) is 8.43. The van der Waals surface area contributed by atoms with E-state index in [1.54, 1.807) is 7.11 Å². The summed E-state index contributed by atoms with van der Waals surface area (Å²) in [5.41, 5.74) is 0.971. The normalized spacial score (nSPS) is 17.1. The highest BCUT2D eigenvalue weighted by atomic mass is 31.1. The first kappa shape index (κ1) is 17.9. The van der Waals surface area contributed by atoms with Crippen LogP contribution in [0.2, 0.25) is 0 Å². The minimum atomic E-state index is -0.629. The van der Waals surface area contributed by atoms with Gasteiger partial charge in [-0.1, -0.05) is 85.0 Å². The van der Waals surface area contributed by atoms with E-state index in [1.807, 2.05) is 24.4 Å². The minimum absolute atomic E-state index is 0.0892. The summed E-state index contributed by atoms with van der Waals surface area (Å²) in [5, 5.41) is 4.11. The van der Waals surface area contributed by atoms with Crippen LogP contribution < -0.4 is 10.6 Å². The number of ether oxygens (including phenoxy) is 1. The second kappa shape index (κ2) is 8.43. The minimum Gasteiger partial charge on any atom is -0.374 e. The first-order valence-electron chi connectivity index (χ1n) is 9.11. The number of aromatic nitrogens is 1. The van der Waals surface area contributed by atoms with Crippen LogP contribution in [0.5, 0.6) is 0 Å². The van der Waals surface area contributed by atoms with E-state index in [1.165, 1.54) is 15.9 Å². The van der Waals surface area contributed by atoms with E-state index in [2.05, 4.69) is 83.9 Å². The second-order valence-electron chi connectivity index (χ2n) is 6.42. The number of benzene rings is 2. The summed E-state index contributed by atoms with van der Waals surface area (Å²) in [7, 11) is 1.15. The van der Waals surface area contributed by atoms with E-state index in [-0.39, 0.29) is 12.0 Å². The first-order chi connectivity index (χ1) is 13.4. The molecular formula is C24H22NOP. The highest BCUT2D eigenvalue weighted by Gasteiger charge is 2.33. The van der Waals surface area contributed by atoms with Gasteiger partial charge in [-0.2, -0.15) is 0 Å². The van der Waals surface area contributed by atoms with Gasteiger partial charge in [0.2, 0.25) is 0 Å². The molecule has 1 aliphatic carbocycles. The van der Waals surface area contributed by atoms with Crippen molar-refractivity contribution in [1.82, 2.24) is 4.98 Å². The van der Waals surface area contributed by atoms with E-state index in [4.69, 9.17) is 4.74 Å². The van der Waals surface area contributed by atoms with Crippen LogP contribution >= 0.6 is 7.92 Å². The van der Waals surface area contributed by atoms with Crippen molar-refractivity contribution in [2.75, 3.05) is 7.11 Å². The van der Waals surface area contributed by atoms with E-state index >= 15 is 0 Å². The zero-order valence-corrected chi connectivity index (χ0v) is 16.2. The van der Waals surface area contributed by atoms with Gasteiger partial charge >= 0.3 is 0 Å². The summed E-state index contributed by atoms with van der Waals surface area (Å²) in [6.45, 7) is 0. The molecule has 0 radical (unpaired) electrons. The molecule has 1 aliphatic rings. The molecule has 3 heteroatoms. The van der Waals surface area contributed by atoms with Crippen molar-refractivity contribution in [3.63, 3.8) is 0 Å². The van der Waals surface area contributed by atoms with Crippen LogP contribution in [0.1, 0.15) is 11.8 Å². The standard InChI is InChI=1S/C24H22NOP/c1-26-24(22-16-8-9-18-25-22)21-15-10-17-23(21)27(19-11-4-2-5-12-19)20-13-6-3-7-14-20/h2-18,21,24H,1H3/t21?,24-/m1/s1. The van der Waals surface area contributed by atoms with E-state index < -0.39 is 7.92 Å². The average molecular weight is 371 g/mol. The molecule has 2 atom stereocenters. The van der Waals surface area contributed by atoms with Crippen LogP contribution in [0.3, 0.4) is 0 Å². The number of nitrogens with zero attached hydrogens (tertiary/aromatic N) is 1. The fraction of sp³-hybridized carbons (Fsp3) is 0.125. The van der Waals surface area contributed by atoms with Crippen molar-refractivity contribution in [1.29, 1.82) is 0 Å². The Morgan fingerprint density at radius 3 is 2.04 bits per heavy atom. The van der Waals surface area contributed by atoms with Gasteiger partial charge in [-0.05, 0) is 36.0 Å². The van der Waals surface area contributed by atoms with Gasteiger partial charge in [0.1, 0.15) is 6.10 Å². The number of methoxy groups -OCH3 is 1. The molecule has 0 saturated carbocycles. The van der Waals surface area contributed by atoms with Gasteiger partial charge in [0, 0.05) is 19.2 Å². The molecule has 0 amide bonds. The van der Waals surface area contributed by atoms with E-state index in [0.717, 1.165) is 5.69 Å². The predicted molar refractivity (Wildman–Crippen MR) is 114 cm³/mol. The molecule has 0 saturated heterocycles. The lowest BCUT2D eigenvalue weighted by Crippen LogP contribution is -2.20. The molecule has 2 nitrogen and oxygen atoms in total. The maximum absolute atomic E-state index is 5.93. The number of pyridine rings is 1. The molecule has 134 valence electrons. The average Bonchev–Trinajstić information content (AvgIpc) is 3.20. The summed E-state index contributed by atoms with van der Waals surface area (Å²) in [5.74, 6) is 0.177. The van der Waals surface area contributed by atoms with Gasteiger partial charge in [0.25, 0.3) is 0 Å². The SMILES string of the molecule is CO[C@@H](c1ccccn1)C1C=CC=C1P(c1ccccc1)c1ccccc1. The second-order valence-corrected chi connectivity index (χ2v) is 8.64. The van der Waals surface area contributed by atoms with Crippen molar-refractivity contribution in [2.24, 2.45) is 5.92 Å². The summed E-state index contributed by atoms with van der Waals surface area (Å²) in [4.78, 5) is 4.55. The van der Waals surface area contributed by atoms with Crippen molar-refractivity contribution in [2.45, 2.75) is 6.10 Å². The fourth-order valence-electron chi connectivity index (χ4n) is 3.56. The molecule has 0 spiro atoms. The monoisotopic (exact) mass is 371 g/mol. The van der Waals surface area contributed by atoms with Crippen molar-refractivity contribution in [3.8, 4) is 0 Å². The lowest BCUT2D eigenvalue weighted by molar-refractivity contribution is 0.0786. The van der Waals surface area contributed by atoms with Crippen molar-refractivity contribution < 1.29 is 4.74 Å². The van der Waals surface area contributed by atoms with Crippen LogP contribution in [-0.4, -0.2) is 12.1 Å². The molecule has 0 N–H and O–H groups in total. The van der Waals surface area contributed by atoms with Crippen molar-refractivity contribution in [3.05, 3.63) is 114 Å². The molecule has 0 bridgehead atoms. The molecule has 0 aliphatic heterocycles. The third-order valence-corrected chi connectivity index (χ3v) is 7.37. The molecule has 1 unspecified atom stereocenters. The highest BCUT2D eigenvalue weighted by Crippen LogP contribution is 2.52. The molecule has 0 fully saturated rings. The third kappa shape index (κ3) is 3.78. The molecule has 1 aromatic heterocycles. The zero-order valence-electron chi connectivity index (χ0n) is 15.3. The fourth-order valence-corrected chi connectivity index (χ4v) is 6.15. The highest BCUT2D eigenvalue weighted by molar-refractivity contribution is 7.76. The van der Waals surface area contributed by atoms with Crippen LogP contribution in [-0.2, 0) is 4.74 Å². The Labute approximate surface area is 162 Å². The van der Waals surface area contributed by atoms with Gasteiger partial charge in [-0.15, -0.1) is 0 Å². The Morgan fingerprint density at radius 1 is 0.852 bits per heavy atom. The Balaban J connectivity index is 1.76. The lowest BCUT2D eigenvalue weighted by atomic mass is 10.0. The summed E-state index contributed by atoms with van der Waals surface area (Å²) < 4.78 is 5.93. The molecule has 4 rings (SSSR count). The number of hydrogen-bond acceptors (Lipinski definition) is 2. The van der Waals surface area contributed by atoms with E-state index in [0.29, 0.717) is 0 Å². The van der Waals surface area contributed by atoms with E-state index in [9.17, 15) is 0 Å². The predicted octanol–water partition coefficient (Wildman–Crippen LogP) is 4.97. The van der Waals surface area contributed by atoms with Crippen LogP contribution in [0, 0.1) is 5.92 Å². The van der Waals surface area contributed by atoms with Gasteiger partial charge in [0.15, 0.2) is 0 Å². The molecular weight excluding hydrogens is 349 g/mol. The topological polar surface area (TPSA) is 22.1 Å². The third-order valence-electron chi connectivity index (χ3n) is 4.77. The molecule has 1 heterocycles. The smallest absolute Gasteiger partial charge is 0.109 e. The maximum atomic E-state index is 5.93. The number of allylic oxidation sites excluding steroid dienone is 2. The summed E-state index contributed by atoms with van der Waals surface area (Å²) in [6, 6.07) is 27.6. The maximum Gasteiger partial charge on any atom is 0.109 e. The Bertz CT molecular complexity index is 883. The molecule has 27 heavy (non-hydrogen) atoms. The van der Waals surface area contributed by atoms with Crippen LogP contribution in [0.25, 0.3) is 0 Å². The Hall–Kier alpha value is -2.54. The van der Waals surface area contributed by atoms with Crippen LogP contribution in [0.15, 0.2) is 109 Å². The number of rotatable bonds is 6. The molecule has 2 aromatic carbocycles.